The van der Waals surface area contributed by atoms with Crippen molar-refractivity contribution in [2.45, 2.75) is 44.8 Å². The zero-order valence-corrected chi connectivity index (χ0v) is 15.3. The predicted octanol–water partition coefficient (Wildman–Crippen LogP) is 2.39. The van der Waals surface area contributed by atoms with E-state index in [0.717, 1.165) is 31.2 Å². The maximum atomic E-state index is 12.3. The SMILES string of the molecule is COc1ccc(CNCC(O)CP(=O)(O)CC2CCCCC2)cn1. The third-order valence-corrected chi connectivity index (χ3v) is 6.56. The molecule has 2 unspecified atom stereocenters. The van der Waals surface area contributed by atoms with Gasteiger partial charge in [0, 0.05) is 31.5 Å². The molecule has 1 heterocycles. The fourth-order valence-corrected chi connectivity index (χ4v) is 5.37. The molecule has 0 spiro atoms. The van der Waals surface area contributed by atoms with Gasteiger partial charge in [-0.15, -0.1) is 0 Å². The topological polar surface area (TPSA) is 91.7 Å². The zero-order chi connectivity index (χ0) is 17.4. The number of nitrogens with one attached hydrogen (secondary N) is 1. The number of hydrogen-bond acceptors (Lipinski definition) is 5. The number of hydrogen-bond donors (Lipinski definition) is 3. The molecular weight excluding hydrogens is 327 g/mol. The lowest BCUT2D eigenvalue weighted by Crippen LogP contribution is -2.30. The van der Waals surface area contributed by atoms with E-state index in [0.29, 0.717) is 31.0 Å². The molecule has 1 fully saturated rings. The van der Waals surface area contributed by atoms with Crippen molar-refractivity contribution in [3.05, 3.63) is 23.9 Å². The predicted molar refractivity (Wildman–Crippen MR) is 94.6 cm³/mol. The van der Waals surface area contributed by atoms with E-state index in [4.69, 9.17) is 4.74 Å². The van der Waals surface area contributed by atoms with E-state index >= 15 is 0 Å². The molecule has 1 saturated carbocycles. The van der Waals surface area contributed by atoms with Crippen molar-refractivity contribution in [3.63, 3.8) is 0 Å². The molecule has 7 heteroatoms. The highest BCUT2D eigenvalue weighted by molar-refractivity contribution is 7.58. The monoisotopic (exact) mass is 356 g/mol. The molecule has 1 aromatic heterocycles. The summed E-state index contributed by atoms with van der Waals surface area (Å²) in [6.07, 6.45) is 6.86. The van der Waals surface area contributed by atoms with Crippen LogP contribution in [0, 0.1) is 5.92 Å². The Labute approximate surface area is 144 Å². The third-order valence-electron chi connectivity index (χ3n) is 4.48. The van der Waals surface area contributed by atoms with Crippen molar-refractivity contribution < 1.29 is 19.3 Å². The first-order chi connectivity index (χ1) is 11.5. The first kappa shape index (κ1) is 19.4. The molecule has 2 rings (SSSR count). The third kappa shape index (κ3) is 6.89. The Morgan fingerprint density at radius 1 is 1.38 bits per heavy atom. The largest absolute Gasteiger partial charge is 0.481 e. The van der Waals surface area contributed by atoms with Gasteiger partial charge in [0.25, 0.3) is 0 Å². The van der Waals surface area contributed by atoms with E-state index in [1.54, 1.807) is 19.4 Å². The van der Waals surface area contributed by atoms with Gasteiger partial charge in [0.2, 0.25) is 13.2 Å². The molecule has 0 radical (unpaired) electrons. The molecule has 24 heavy (non-hydrogen) atoms. The molecule has 1 aliphatic carbocycles. The summed E-state index contributed by atoms with van der Waals surface area (Å²) in [6, 6.07) is 3.67. The van der Waals surface area contributed by atoms with Gasteiger partial charge in [0.15, 0.2) is 0 Å². The average Bonchev–Trinajstić information content (AvgIpc) is 2.55. The van der Waals surface area contributed by atoms with Crippen molar-refractivity contribution >= 4 is 7.37 Å². The second-order valence-corrected chi connectivity index (χ2v) is 9.13. The highest BCUT2D eigenvalue weighted by atomic mass is 31.2. The van der Waals surface area contributed by atoms with Gasteiger partial charge in [-0.25, -0.2) is 4.98 Å². The van der Waals surface area contributed by atoms with Gasteiger partial charge in [-0.1, -0.05) is 25.3 Å². The van der Waals surface area contributed by atoms with Crippen molar-refractivity contribution in [2.24, 2.45) is 5.92 Å². The molecule has 3 N–H and O–H groups in total. The van der Waals surface area contributed by atoms with Gasteiger partial charge in [-0.05, 0) is 24.3 Å². The summed E-state index contributed by atoms with van der Waals surface area (Å²) in [4.78, 5) is 14.3. The number of ether oxygens (including phenoxy) is 1. The molecule has 0 bridgehead atoms. The summed E-state index contributed by atoms with van der Waals surface area (Å²) in [5, 5.41) is 13.1. The molecule has 0 aromatic carbocycles. The highest BCUT2D eigenvalue weighted by Gasteiger charge is 2.27. The Hall–Kier alpha value is -0.940. The van der Waals surface area contributed by atoms with Crippen molar-refractivity contribution in [1.82, 2.24) is 10.3 Å². The standard InChI is InChI=1S/C17H29N2O4P/c1-23-17-8-7-15(10-19-17)9-18-11-16(20)13-24(21,22)12-14-5-3-2-4-6-14/h7-8,10,14,16,18,20H,2-6,9,11-13H2,1H3,(H,21,22). The molecule has 1 aromatic rings. The van der Waals surface area contributed by atoms with Crippen LogP contribution in [0.3, 0.4) is 0 Å². The zero-order valence-electron chi connectivity index (χ0n) is 14.4. The second-order valence-electron chi connectivity index (χ2n) is 6.71. The van der Waals surface area contributed by atoms with Crippen molar-refractivity contribution in [2.75, 3.05) is 26.0 Å². The number of nitrogens with zero attached hydrogens (tertiary/aromatic N) is 1. The second kappa shape index (κ2) is 9.52. The summed E-state index contributed by atoms with van der Waals surface area (Å²) in [5.74, 6) is 0.905. The van der Waals surface area contributed by atoms with E-state index in [2.05, 4.69) is 10.3 Å². The van der Waals surface area contributed by atoms with E-state index in [1.807, 2.05) is 6.07 Å². The number of aromatic nitrogens is 1. The average molecular weight is 356 g/mol. The van der Waals surface area contributed by atoms with Crippen molar-refractivity contribution in [3.8, 4) is 5.88 Å². The fourth-order valence-electron chi connectivity index (χ4n) is 3.26. The number of aliphatic hydroxyl groups excluding tert-OH is 1. The van der Waals surface area contributed by atoms with Crippen LogP contribution < -0.4 is 10.1 Å². The number of pyridine rings is 1. The number of methoxy groups -OCH3 is 1. The van der Waals surface area contributed by atoms with Crippen molar-refractivity contribution in [1.29, 1.82) is 0 Å². The summed E-state index contributed by atoms with van der Waals surface area (Å²) >= 11 is 0. The Bertz CT molecular complexity index is 532. The van der Waals surface area contributed by atoms with Crippen LogP contribution in [0.5, 0.6) is 5.88 Å². The van der Waals surface area contributed by atoms with E-state index in [1.165, 1.54) is 6.42 Å². The van der Waals surface area contributed by atoms with E-state index in [-0.39, 0.29) is 6.16 Å². The quantitative estimate of drug-likeness (QED) is 0.589. The minimum atomic E-state index is -3.26. The number of rotatable bonds is 9. The number of aliphatic hydroxyl groups is 1. The van der Waals surface area contributed by atoms with Crippen LogP contribution in [-0.2, 0) is 11.1 Å². The van der Waals surface area contributed by atoms with Gasteiger partial charge < -0.3 is 20.1 Å². The first-order valence-corrected chi connectivity index (χ1v) is 10.7. The molecule has 6 nitrogen and oxygen atoms in total. The van der Waals surface area contributed by atoms with Gasteiger partial charge in [0.05, 0.1) is 19.4 Å². The summed E-state index contributed by atoms with van der Waals surface area (Å²) in [7, 11) is -1.69. The van der Waals surface area contributed by atoms with Gasteiger partial charge >= 0.3 is 0 Å². The van der Waals surface area contributed by atoms with Crippen LogP contribution in [0.2, 0.25) is 0 Å². The normalized spacial score (nSPS) is 19.6. The minimum absolute atomic E-state index is 0.0304. The fraction of sp³-hybridized carbons (Fsp3) is 0.706. The Kier molecular flexibility index (Phi) is 7.69. The smallest absolute Gasteiger partial charge is 0.212 e. The molecule has 2 atom stereocenters. The lowest BCUT2D eigenvalue weighted by molar-refractivity contribution is 0.189. The molecule has 0 amide bonds. The highest BCUT2D eigenvalue weighted by Crippen LogP contribution is 2.45. The Balaban J connectivity index is 1.69. The van der Waals surface area contributed by atoms with Crippen LogP contribution in [0.15, 0.2) is 18.3 Å². The van der Waals surface area contributed by atoms with Crippen LogP contribution in [0.4, 0.5) is 0 Å². The lowest BCUT2D eigenvalue weighted by Gasteiger charge is -2.25. The van der Waals surface area contributed by atoms with Crippen LogP contribution in [0.1, 0.15) is 37.7 Å². The Morgan fingerprint density at radius 3 is 2.75 bits per heavy atom. The van der Waals surface area contributed by atoms with Crippen LogP contribution in [-0.4, -0.2) is 47.1 Å². The molecule has 0 saturated heterocycles. The summed E-state index contributed by atoms with van der Waals surface area (Å²) in [5.41, 5.74) is 0.970. The van der Waals surface area contributed by atoms with Crippen LogP contribution in [0.25, 0.3) is 0 Å². The van der Waals surface area contributed by atoms with Gasteiger partial charge in [-0.2, -0.15) is 0 Å². The maximum absolute atomic E-state index is 12.3. The van der Waals surface area contributed by atoms with E-state index < -0.39 is 13.5 Å². The van der Waals surface area contributed by atoms with E-state index in [9.17, 15) is 14.6 Å². The van der Waals surface area contributed by atoms with Gasteiger partial charge in [-0.3, -0.25) is 4.57 Å². The molecule has 136 valence electrons. The summed E-state index contributed by atoms with van der Waals surface area (Å²) in [6.45, 7) is 0.841. The van der Waals surface area contributed by atoms with Gasteiger partial charge in [0.1, 0.15) is 0 Å². The first-order valence-electron chi connectivity index (χ1n) is 8.67. The van der Waals surface area contributed by atoms with Crippen LogP contribution >= 0.6 is 7.37 Å². The molecular formula is C17H29N2O4P. The molecule has 1 aliphatic rings. The molecule has 0 aliphatic heterocycles. The maximum Gasteiger partial charge on any atom is 0.212 e. The lowest BCUT2D eigenvalue weighted by atomic mass is 9.91. The minimum Gasteiger partial charge on any atom is -0.481 e. The Morgan fingerprint density at radius 2 is 2.12 bits per heavy atom. The summed E-state index contributed by atoms with van der Waals surface area (Å²) < 4.78 is 17.3.